The lowest BCUT2D eigenvalue weighted by Gasteiger charge is -2.38. The van der Waals surface area contributed by atoms with Gasteiger partial charge in [0.25, 0.3) is 0 Å². The lowest BCUT2D eigenvalue weighted by Crippen LogP contribution is -2.45. The number of rotatable bonds is 4. The first kappa shape index (κ1) is 17.8. The molecule has 1 fully saturated rings. The second-order valence-corrected chi connectivity index (χ2v) is 6.35. The third-order valence-corrected chi connectivity index (χ3v) is 4.74. The Morgan fingerprint density at radius 2 is 2.00 bits per heavy atom. The molecule has 138 valence electrons. The first-order valence-corrected chi connectivity index (χ1v) is 8.57. The molecule has 0 spiro atoms. The lowest BCUT2D eigenvalue weighted by atomic mass is 10.00. The highest BCUT2D eigenvalue weighted by molar-refractivity contribution is 6.01. The molecule has 1 aromatic carbocycles. The van der Waals surface area contributed by atoms with Crippen LogP contribution in [0.2, 0.25) is 0 Å². The fraction of sp³-hybridized carbons (Fsp3) is 0.368. The molecular formula is C19H23N3O4. The van der Waals surface area contributed by atoms with Crippen molar-refractivity contribution in [3.63, 3.8) is 0 Å². The highest BCUT2D eigenvalue weighted by Crippen LogP contribution is 2.34. The van der Waals surface area contributed by atoms with E-state index in [2.05, 4.69) is 4.90 Å². The molecular weight excluding hydrogens is 334 g/mol. The number of carbonyl (C=O) groups excluding carboxylic acids is 2. The van der Waals surface area contributed by atoms with Gasteiger partial charge in [-0.05, 0) is 38.0 Å². The lowest BCUT2D eigenvalue weighted by molar-refractivity contribution is 0.101. The number of cyclic esters (lactones) is 1. The van der Waals surface area contributed by atoms with Crippen LogP contribution in [0.3, 0.4) is 0 Å². The third kappa shape index (κ3) is 3.51. The summed E-state index contributed by atoms with van der Waals surface area (Å²) in [6.07, 6.45) is 7.77. The molecule has 1 saturated heterocycles. The zero-order valence-electron chi connectivity index (χ0n) is 15.0. The van der Waals surface area contributed by atoms with Crippen LogP contribution in [0, 0.1) is 0 Å². The van der Waals surface area contributed by atoms with Crippen LogP contribution in [0.5, 0.6) is 5.75 Å². The number of allylic oxidation sites excluding steroid dienone is 2. The second-order valence-electron chi connectivity index (χ2n) is 6.35. The summed E-state index contributed by atoms with van der Waals surface area (Å²) in [4.78, 5) is 27.9. The van der Waals surface area contributed by atoms with Gasteiger partial charge < -0.3 is 20.1 Å². The number of ether oxygens (including phenoxy) is 2. The molecule has 2 heterocycles. The average Bonchev–Trinajstić information content (AvgIpc) is 2.86. The topological polar surface area (TPSA) is 85.1 Å². The first-order valence-electron chi connectivity index (χ1n) is 8.57. The molecule has 0 aliphatic carbocycles. The number of ketones is 1. The maximum absolute atomic E-state index is 12.0. The fourth-order valence-electron chi connectivity index (χ4n) is 3.37. The van der Waals surface area contributed by atoms with E-state index in [1.165, 1.54) is 13.2 Å². The molecule has 1 aromatic rings. The SMILES string of the molecule is COc1cc(N2CCC(N3C=CC=COC3=O)CC2)c(C(C)=O)cc1N. The molecule has 0 radical (unpaired) electrons. The molecule has 7 heteroatoms. The number of anilines is 2. The van der Waals surface area contributed by atoms with E-state index in [9.17, 15) is 9.59 Å². The zero-order chi connectivity index (χ0) is 18.7. The van der Waals surface area contributed by atoms with Gasteiger partial charge in [0.1, 0.15) is 5.75 Å². The number of hydrogen-bond acceptors (Lipinski definition) is 6. The van der Waals surface area contributed by atoms with Crippen LogP contribution in [-0.4, -0.2) is 43.0 Å². The van der Waals surface area contributed by atoms with Crippen LogP contribution in [-0.2, 0) is 4.74 Å². The van der Waals surface area contributed by atoms with E-state index in [1.54, 1.807) is 36.4 Å². The summed E-state index contributed by atoms with van der Waals surface area (Å²) in [6.45, 7) is 2.95. The van der Waals surface area contributed by atoms with E-state index in [1.807, 2.05) is 6.07 Å². The number of methoxy groups -OCH3 is 1. The quantitative estimate of drug-likeness (QED) is 0.659. The smallest absolute Gasteiger partial charge is 0.418 e. The van der Waals surface area contributed by atoms with Gasteiger partial charge in [0.2, 0.25) is 0 Å². The normalized spacial score (nSPS) is 17.8. The molecule has 7 nitrogen and oxygen atoms in total. The van der Waals surface area contributed by atoms with E-state index in [-0.39, 0.29) is 17.9 Å². The molecule has 0 saturated carbocycles. The van der Waals surface area contributed by atoms with Crippen LogP contribution in [0.25, 0.3) is 0 Å². The van der Waals surface area contributed by atoms with Crippen LogP contribution >= 0.6 is 0 Å². The number of benzene rings is 1. The number of nitrogen functional groups attached to an aromatic ring is 1. The van der Waals surface area contributed by atoms with Crippen LogP contribution in [0.15, 0.2) is 36.7 Å². The molecule has 2 aliphatic rings. The largest absolute Gasteiger partial charge is 0.495 e. The summed E-state index contributed by atoms with van der Waals surface area (Å²) in [5, 5.41) is 0. The molecule has 2 aliphatic heterocycles. The standard InChI is InChI=1S/C19H23N3O4/c1-13(23)15-11-16(20)18(25-2)12-17(15)21-8-5-14(6-9-21)22-7-3-4-10-26-19(22)24/h3-4,7,10-12,14H,5-6,8-9,20H2,1-2H3. The Hall–Kier alpha value is -2.96. The Morgan fingerprint density at radius 1 is 1.27 bits per heavy atom. The Balaban J connectivity index is 1.77. The molecule has 2 N–H and O–H groups in total. The number of amides is 1. The van der Waals surface area contributed by atoms with Crippen molar-refractivity contribution in [3.8, 4) is 5.75 Å². The number of Topliss-reactive ketones (excluding diaryl/α,β-unsaturated/α-hetero) is 1. The first-order chi connectivity index (χ1) is 12.5. The van der Waals surface area contributed by atoms with Gasteiger partial charge in [-0.3, -0.25) is 9.69 Å². The molecule has 0 unspecified atom stereocenters. The van der Waals surface area contributed by atoms with Crippen molar-refractivity contribution in [1.82, 2.24) is 4.90 Å². The molecule has 0 bridgehead atoms. The van der Waals surface area contributed by atoms with Crippen molar-refractivity contribution in [2.45, 2.75) is 25.8 Å². The third-order valence-electron chi connectivity index (χ3n) is 4.74. The predicted octanol–water partition coefficient (Wildman–Crippen LogP) is 2.93. The van der Waals surface area contributed by atoms with Gasteiger partial charge in [-0.1, -0.05) is 0 Å². The Bertz CT molecular complexity index is 764. The minimum atomic E-state index is -0.368. The maximum Gasteiger partial charge on any atom is 0.418 e. The van der Waals surface area contributed by atoms with Crippen molar-refractivity contribution in [1.29, 1.82) is 0 Å². The number of hydrogen-bond donors (Lipinski definition) is 1. The highest BCUT2D eigenvalue weighted by atomic mass is 16.5. The number of carbonyl (C=O) groups is 2. The number of nitrogens with two attached hydrogens (primary N) is 1. The van der Waals surface area contributed by atoms with Crippen molar-refractivity contribution < 1.29 is 19.1 Å². The average molecular weight is 357 g/mol. The summed E-state index contributed by atoms with van der Waals surface area (Å²) in [6, 6.07) is 3.55. The van der Waals surface area contributed by atoms with Crippen molar-refractivity contribution in [2.75, 3.05) is 30.8 Å². The summed E-state index contributed by atoms with van der Waals surface area (Å²) in [7, 11) is 1.56. The second kappa shape index (κ2) is 7.51. The molecule has 0 aromatic heterocycles. The monoisotopic (exact) mass is 357 g/mol. The number of piperidine rings is 1. The van der Waals surface area contributed by atoms with E-state index in [0.29, 0.717) is 30.1 Å². The van der Waals surface area contributed by atoms with E-state index in [0.717, 1.165) is 18.5 Å². The Kier molecular flexibility index (Phi) is 5.16. The Morgan fingerprint density at radius 3 is 2.65 bits per heavy atom. The molecule has 1 amide bonds. The molecule has 0 atom stereocenters. The van der Waals surface area contributed by atoms with Gasteiger partial charge in [-0.15, -0.1) is 0 Å². The van der Waals surface area contributed by atoms with E-state index >= 15 is 0 Å². The van der Waals surface area contributed by atoms with Crippen molar-refractivity contribution >= 4 is 23.3 Å². The summed E-state index contributed by atoms with van der Waals surface area (Å²) < 4.78 is 10.3. The molecule has 26 heavy (non-hydrogen) atoms. The van der Waals surface area contributed by atoms with Gasteiger partial charge in [0, 0.05) is 37.0 Å². The van der Waals surface area contributed by atoms with Gasteiger partial charge in [0.05, 0.1) is 24.7 Å². The van der Waals surface area contributed by atoms with Gasteiger partial charge in [-0.25, -0.2) is 4.79 Å². The minimum Gasteiger partial charge on any atom is -0.495 e. The predicted molar refractivity (Wildman–Crippen MR) is 99.2 cm³/mol. The zero-order valence-corrected chi connectivity index (χ0v) is 15.0. The summed E-state index contributed by atoms with van der Waals surface area (Å²) in [5.41, 5.74) is 7.80. The van der Waals surface area contributed by atoms with E-state index < -0.39 is 0 Å². The van der Waals surface area contributed by atoms with Gasteiger partial charge in [0.15, 0.2) is 5.78 Å². The maximum atomic E-state index is 12.0. The van der Waals surface area contributed by atoms with E-state index in [4.69, 9.17) is 15.2 Å². The van der Waals surface area contributed by atoms with Crippen molar-refractivity contribution in [3.05, 3.63) is 42.3 Å². The highest BCUT2D eigenvalue weighted by Gasteiger charge is 2.29. The van der Waals surface area contributed by atoms with Crippen LogP contribution < -0.4 is 15.4 Å². The van der Waals surface area contributed by atoms with Crippen molar-refractivity contribution in [2.24, 2.45) is 0 Å². The minimum absolute atomic E-state index is 0.0402. The number of nitrogens with zero attached hydrogens (tertiary/aromatic N) is 2. The van der Waals surface area contributed by atoms with Gasteiger partial charge in [-0.2, -0.15) is 0 Å². The summed E-state index contributed by atoms with van der Waals surface area (Å²) in [5.74, 6) is 0.513. The van der Waals surface area contributed by atoms with Crippen LogP contribution in [0.4, 0.5) is 16.2 Å². The fourth-order valence-corrected chi connectivity index (χ4v) is 3.37. The summed E-state index contributed by atoms with van der Waals surface area (Å²) >= 11 is 0. The van der Waals surface area contributed by atoms with Crippen LogP contribution in [0.1, 0.15) is 30.1 Å². The molecule has 3 rings (SSSR count). The Labute approximate surface area is 152 Å². The van der Waals surface area contributed by atoms with Gasteiger partial charge >= 0.3 is 6.09 Å².